The number of rotatable bonds is 4. The van der Waals surface area contributed by atoms with Crippen LogP contribution in [0.5, 0.6) is 0 Å². The highest BCUT2D eigenvalue weighted by Gasteiger charge is 2.31. The van der Waals surface area contributed by atoms with Gasteiger partial charge in [-0.2, -0.15) is 0 Å². The summed E-state index contributed by atoms with van der Waals surface area (Å²) in [5.41, 5.74) is 2.04. The fourth-order valence-corrected chi connectivity index (χ4v) is 3.43. The lowest BCUT2D eigenvalue weighted by Gasteiger charge is -2.31. The van der Waals surface area contributed by atoms with Crippen molar-refractivity contribution < 1.29 is 14.3 Å². The van der Waals surface area contributed by atoms with E-state index in [1.807, 2.05) is 13.0 Å². The number of likely N-dealkylation sites (tertiary alicyclic amines) is 1. The molecule has 2 aromatic heterocycles. The third kappa shape index (κ3) is 3.49. The number of hydrogen-bond acceptors (Lipinski definition) is 4. The molecule has 1 aliphatic rings. The zero-order valence-corrected chi connectivity index (χ0v) is 15.3. The highest BCUT2D eigenvalue weighted by Crippen LogP contribution is 2.23. The van der Waals surface area contributed by atoms with Gasteiger partial charge >= 0.3 is 5.97 Å². The van der Waals surface area contributed by atoms with Gasteiger partial charge in [0, 0.05) is 19.3 Å². The van der Waals surface area contributed by atoms with Crippen molar-refractivity contribution in [1.29, 1.82) is 0 Å². The first-order chi connectivity index (χ1) is 12.0. The van der Waals surface area contributed by atoms with Crippen LogP contribution in [0.15, 0.2) is 18.3 Å². The minimum absolute atomic E-state index is 0.0612. The number of hydrogen-bond donors (Lipinski definition) is 0. The third-order valence-corrected chi connectivity index (χ3v) is 4.82. The highest BCUT2D eigenvalue weighted by molar-refractivity contribution is 6.30. The fourth-order valence-electron chi connectivity index (χ4n) is 3.27. The molecule has 1 aliphatic heterocycles. The molecule has 0 bridgehead atoms. The SMILES string of the molecule is CCOC(=O)C1CCN(C(=O)c2c(CC)nc3ccc(Cl)cn23)CC1. The van der Waals surface area contributed by atoms with Crippen LogP contribution in [0.4, 0.5) is 0 Å². The Morgan fingerprint density at radius 1 is 1.28 bits per heavy atom. The molecule has 134 valence electrons. The topological polar surface area (TPSA) is 63.9 Å². The number of esters is 1. The van der Waals surface area contributed by atoms with Crippen molar-refractivity contribution in [3.05, 3.63) is 34.7 Å². The van der Waals surface area contributed by atoms with E-state index in [-0.39, 0.29) is 17.8 Å². The largest absolute Gasteiger partial charge is 0.466 e. The zero-order chi connectivity index (χ0) is 18.0. The number of imidazole rings is 1. The van der Waals surface area contributed by atoms with Gasteiger partial charge in [0.1, 0.15) is 11.3 Å². The van der Waals surface area contributed by atoms with E-state index in [1.54, 1.807) is 28.5 Å². The van der Waals surface area contributed by atoms with E-state index in [0.29, 0.717) is 55.3 Å². The molecule has 0 N–H and O–H groups in total. The number of halogens is 1. The fraction of sp³-hybridized carbons (Fsp3) is 0.500. The summed E-state index contributed by atoms with van der Waals surface area (Å²) in [6, 6.07) is 3.58. The van der Waals surface area contributed by atoms with E-state index < -0.39 is 0 Å². The number of fused-ring (bicyclic) bond motifs is 1. The van der Waals surface area contributed by atoms with Crippen LogP contribution in [-0.2, 0) is 16.0 Å². The first kappa shape index (κ1) is 17.7. The van der Waals surface area contributed by atoms with Crippen molar-refractivity contribution in [1.82, 2.24) is 14.3 Å². The van der Waals surface area contributed by atoms with Crippen molar-refractivity contribution in [3.63, 3.8) is 0 Å². The Morgan fingerprint density at radius 2 is 2.00 bits per heavy atom. The second-order valence-electron chi connectivity index (χ2n) is 6.15. The molecule has 0 unspecified atom stereocenters. The van der Waals surface area contributed by atoms with Gasteiger partial charge in [0.2, 0.25) is 0 Å². The Balaban J connectivity index is 1.81. The van der Waals surface area contributed by atoms with Crippen molar-refractivity contribution in [3.8, 4) is 0 Å². The number of aromatic nitrogens is 2. The average Bonchev–Trinajstić information content (AvgIpc) is 2.99. The van der Waals surface area contributed by atoms with Crippen molar-refractivity contribution in [2.24, 2.45) is 5.92 Å². The summed E-state index contributed by atoms with van der Waals surface area (Å²) in [6.45, 7) is 5.25. The summed E-state index contributed by atoms with van der Waals surface area (Å²) < 4.78 is 6.85. The molecule has 3 heterocycles. The predicted octanol–water partition coefficient (Wildman–Crippen LogP) is 2.97. The van der Waals surface area contributed by atoms with Crippen LogP contribution in [0.25, 0.3) is 5.65 Å². The molecule has 0 atom stereocenters. The molecule has 0 radical (unpaired) electrons. The minimum Gasteiger partial charge on any atom is -0.466 e. The smallest absolute Gasteiger partial charge is 0.309 e. The standard InChI is InChI=1S/C18H22ClN3O3/c1-3-14-16(22-11-13(19)5-6-15(22)20-14)17(23)21-9-7-12(8-10-21)18(24)25-4-2/h5-6,11-12H,3-4,7-10H2,1-2H3. The van der Waals surface area contributed by atoms with E-state index >= 15 is 0 Å². The number of carbonyl (C=O) groups is 2. The third-order valence-electron chi connectivity index (χ3n) is 4.59. The van der Waals surface area contributed by atoms with E-state index in [4.69, 9.17) is 16.3 Å². The maximum atomic E-state index is 13.1. The molecule has 1 amide bonds. The Morgan fingerprint density at radius 3 is 2.64 bits per heavy atom. The molecule has 1 fully saturated rings. The van der Waals surface area contributed by atoms with Crippen LogP contribution in [0.3, 0.4) is 0 Å². The van der Waals surface area contributed by atoms with Gasteiger partial charge in [0.05, 0.1) is 23.2 Å². The van der Waals surface area contributed by atoms with Gasteiger partial charge < -0.3 is 9.64 Å². The van der Waals surface area contributed by atoms with Crippen molar-refractivity contribution in [2.75, 3.05) is 19.7 Å². The summed E-state index contributed by atoms with van der Waals surface area (Å²) in [5.74, 6) is -0.342. The van der Waals surface area contributed by atoms with Crippen LogP contribution in [0.1, 0.15) is 42.9 Å². The lowest BCUT2D eigenvalue weighted by molar-refractivity contribution is -0.149. The molecule has 25 heavy (non-hydrogen) atoms. The number of piperidine rings is 1. The molecule has 2 aromatic rings. The first-order valence-electron chi connectivity index (χ1n) is 8.67. The summed E-state index contributed by atoms with van der Waals surface area (Å²) in [6.07, 6.45) is 3.65. The van der Waals surface area contributed by atoms with Gasteiger partial charge in [-0.05, 0) is 38.3 Å². The summed E-state index contributed by atoms with van der Waals surface area (Å²) in [7, 11) is 0. The number of aryl methyl sites for hydroxylation is 1. The van der Waals surface area contributed by atoms with E-state index in [0.717, 1.165) is 5.69 Å². The normalized spacial score (nSPS) is 15.6. The lowest BCUT2D eigenvalue weighted by atomic mass is 9.96. The number of ether oxygens (including phenoxy) is 1. The maximum absolute atomic E-state index is 13.1. The molecular formula is C18H22ClN3O3. The van der Waals surface area contributed by atoms with Crippen molar-refractivity contribution in [2.45, 2.75) is 33.1 Å². The number of amides is 1. The van der Waals surface area contributed by atoms with Crippen LogP contribution in [-0.4, -0.2) is 45.9 Å². The van der Waals surface area contributed by atoms with E-state index in [2.05, 4.69) is 4.98 Å². The quantitative estimate of drug-likeness (QED) is 0.783. The molecule has 0 aromatic carbocycles. The predicted molar refractivity (Wildman–Crippen MR) is 94.8 cm³/mol. The maximum Gasteiger partial charge on any atom is 0.309 e. The van der Waals surface area contributed by atoms with Gasteiger partial charge in [-0.15, -0.1) is 0 Å². The number of nitrogens with zero attached hydrogens (tertiary/aromatic N) is 3. The monoisotopic (exact) mass is 363 g/mol. The Bertz CT molecular complexity index is 794. The number of pyridine rings is 1. The summed E-state index contributed by atoms with van der Waals surface area (Å²) >= 11 is 6.09. The van der Waals surface area contributed by atoms with Gasteiger partial charge in [0.25, 0.3) is 5.91 Å². The zero-order valence-electron chi connectivity index (χ0n) is 14.5. The minimum atomic E-state index is -0.162. The summed E-state index contributed by atoms with van der Waals surface area (Å²) in [5, 5.41) is 0.558. The second-order valence-corrected chi connectivity index (χ2v) is 6.59. The van der Waals surface area contributed by atoms with E-state index in [1.165, 1.54) is 0 Å². The van der Waals surface area contributed by atoms with Crippen LogP contribution >= 0.6 is 11.6 Å². The molecule has 7 heteroatoms. The number of carbonyl (C=O) groups excluding carboxylic acids is 2. The molecule has 1 saturated heterocycles. The second kappa shape index (κ2) is 7.44. The van der Waals surface area contributed by atoms with Crippen LogP contribution in [0.2, 0.25) is 5.02 Å². The highest BCUT2D eigenvalue weighted by atomic mass is 35.5. The molecular weight excluding hydrogens is 342 g/mol. The molecule has 0 spiro atoms. The van der Waals surface area contributed by atoms with Gasteiger partial charge in [0.15, 0.2) is 0 Å². The molecule has 3 rings (SSSR count). The Hall–Kier alpha value is -2.08. The van der Waals surface area contributed by atoms with E-state index in [9.17, 15) is 9.59 Å². The van der Waals surface area contributed by atoms with Gasteiger partial charge in [-0.25, -0.2) is 4.98 Å². The Labute approximate surface area is 151 Å². The van der Waals surface area contributed by atoms with Crippen LogP contribution in [0, 0.1) is 5.92 Å². The average molecular weight is 364 g/mol. The van der Waals surface area contributed by atoms with Crippen LogP contribution < -0.4 is 0 Å². The summed E-state index contributed by atoms with van der Waals surface area (Å²) in [4.78, 5) is 31.3. The van der Waals surface area contributed by atoms with Gasteiger partial charge in [-0.1, -0.05) is 18.5 Å². The molecule has 6 nitrogen and oxygen atoms in total. The Kier molecular flexibility index (Phi) is 5.27. The van der Waals surface area contributed by atoms with Gasteiger partial charge in [-0.3, -0.25) is 14.0 Å². The molecule has 0 aliphatic carbocycles. The lowest BCUT2D eigenvalue weighted by Crippen LogP contribution is -2.41. The first-order valence-corrected chi connectivity index (χ1v) is 9.05. The van der Waals surface area contributed by atoms with Crippen molar-refractivity contribution >= 4 is 29.1 Å². The molecule has 0 saturated carbocycles.